The van der Waals surface area contributed by atoms with E-state index in [0.717, 1.165) is 3.57 Å². The van der Waals surface area contributed by atoms with Crippen LogP contribution in [0.2, 0.25) is 0 Å². The number of hydrogen-bond acceptors (Lipinski definition) is 6. The molecule has 0 aliphatic carbocycles. The van der Waals surface area contributed by atoms with Gasteiger partial charge in [0.15, 0.2) is 36.6 Å². The summed E-state index contributed by atoms with van der Waals surface area (Å²) in [5.74, 6) is 2.17. The number of halogens is 1. The molecule has 0 spiro atoms. The molecule has 108 valence electrons. The molecule has 0 aliphatic rings. The van der Waals surface area contributed by atoms with Gasteiger partial charge in [-0.05, 0) is 22.6 Å². The third-order valence-corrected chi connectivity index (χ3v) is 3.17. The number of hydrogen-bond donors (Lipinski definition) is 0. The summed E-state index contributed by atoms with van der Waals surface area (Å²) >= 11 is 2.10. The summed E-state index contributed by atoms with van der Waals surface area (Å²) in [5.41, 5.74) is 0. The van der Waals surface area contributed by atoms with E-state index in [1.807, 2.05) is 0 Å². The van der Waals surface area contributed by atoms with Gasteiger partial charge in [0.05, 0.1) is 14.2 Å². The molecule has 0 aliphatic heterocycles. The third kappa shape index (κ3) is 4.02. The predicted molar refractivity (Wildman–Crippen MR) is 77.3 cm³/mol. The molecule has 0 unspecified atom stereocenters. The van der Waals surface area contributed by atoms with Crippen LogP contribution in [0.1, 0.15) is 0 Å². The van der Waals surface area contributed by atoms with Crippen molar-refractivity contribution in [2.24, 2.45) is 0 Å². The highest BCUT2D eigenvalue weighted by Gasteiger charge is 2.20. The minimum atomic E-state index is 0.119. The Morgan fingerprint density at radius 3 is 2.00 bits per heavy atom. The van der Waals surface area contributed by atoms with E-state index < -0.39 is 0 Å². The van der Waals surface area contributed by atoms with Crippen LogP contribution in [0.5, 0.6) is 23.0 Å². The Hall–Kier alpha value is -0.930. The van der Waals surface area contributed by atoms with Crippen molar-refractivity contribution in [2.45, 2.75) is 0 Å². The summed E-state index contributed by atoms with van der Waals surface area (Å²) in [5, 5.41) is 0. The van der Waals surface area contributed by atoms with Gasteiger partial charge in [0.1, 0.15) is 3.57 Å². The lowest BCUT2D eigenvalue weighted by Gasteiger charge is -2.17. The standard InChI is InChI=1S/C12H17IO6/c1-14-6-18-9-5-8(16-3)12(19-7-15-2)10(13)11(9)17-4/h5H,6-7H2,1-4H3. The predicted octanol–water partition coefficient (Wildman–Crippen LogP) is 2.27. The molecule has 0 bridgehead atoms. The van der Waals surface area contributed by atoms with Crippen molar-refractivity contribution in [3.8, 4) is 23.0 Å². The van der Waals surface area contributed by atoms with Crippen LogP contribution in [0.25, 0.3) is 0 Å². The first-order valence-corrected chi connectivity index (χ1v) is 6.45. The summed E-state index contributed by atoms with van der Waals surface area (Å²) < 4.78 is 32.1. The van der Waals surface area contributed by atoms with Crippen molar-refractivity contribution in [1.82, 2.24) is 0 Å². The Balaban J connectivity index is 3.18. The third-order valence-electron chi connectivity index (χ3n) is 2.19. The van der Waals surface area contributed by atoms with Crippen LogP contribution in [0.4, 0.5) is 0 Å². The van der Waals surface area contributed by atoms with E-state index in [2.05, 4.69) is 22.6 Å². The Morgan fingerprint density at radius 2 is 1.47 bits per heavy atom. The van der Waals surface area contributed by atoms with Crippen LogP contribution >= 0.6 is 22.6 Å². The molecule has 6 nitrogen and oxygen atoms in total. The van der Waals surface area contributed by atoms with Crippen molar-refractivity contribution >= 4 is 22.6 Å². The maximum absolute atomic E-state index is 5.49. The molecule has 0 aromatic heterocycles. The molecule has 19 heavy (non-hydrogen) atoms. The van der Waals surface area contributed by atoms with Gasteiger partial charge in [-0.15, -0.1) is 0 Å². The van der Waals surface area contributed by atoms with Crippen molar-refractivity contribution in [3.63, 3.8) is 0 Å². The lowest BCUT2D eigenvalue weighted by atomic mass is 10.2. The smallest absolute Gasteiger partial charge is 0.188 e. The zero-order valence-corrected chi connectivity index (χ0v) is 13.5. The van der Waals surface area contributed by atoms with Crippen LogP contribution in [0.15, 0.2) is 6.07 Å². The monoisotopic (exact) mass is 384 g/mol. The van der Waals surface area contributed by atoms with Crippen LogP contribution in [0.3, 0.4) is 0 Å². The second kappa shape index (κ2) is 8.28. The molecule has 0 atom stereocenters. The van der Waals surface area contributed by atoms with Crippen molar-refractivity contribution < 1.29 is 28.4 Å². The van der Waals surface area contributed by atoms with Gasteiger partial charge >= 0.3 is 0 Å². The molecule has 0 saturated heterocycles. The minimum absolute atomic E-state index is 0.119. The average molecular weight is 384 g/mol. The molecule has 0 saturated carbocycles. The molecule has 1 aromatic carbocycles. The first-order valence-electron chi connectivity index (χ1n) is 5.37. The number of methoxy groups -OCH3 is 4. The van der Waals surface area contributed by atoms with E-state index in [1.165, 1.54) is 0 Å². The van der Waals surface area contributed by atoms with E-state index in [-0.39, 0.29) is 13.6 Å². The average Bonchev–Trinajstić information content (AvgIpc) is 2.43. The van der Waals surface area contributed by atoms with Gasteiger partial charge < -0.3 is 28.4 Å². The minimum Gasteiger partial charge on any atom is -0.493 e. The lowest BCUT2D eigenvalue weighted by Crippen LogP contribution is -2.06. The van der Waals surface area contributed by atoms with E-state index in [0.29, 0.717) is 23.0 Å². The lowest BCUT2D eigenvalue weighted by molar-refractivity contribution is 0.0445. The molecule has 1 aromatic rings. The van der Waals surface area contributed by atoms with E-state index in [1.54, 1.807) is 34.5 Å². The first kappa shape index (κ1) is 16.1. The van der Waals surface area contributed by atoms with Gasteiger partial charge in [-0.3, -0.25) is 0 Å². The highest BCUT2D eigenvalue weighted by molar-refractivity contribution is 14.1. The largest absolute Gasteiger partial charge is 0.493 e. The molecular weight excluding hydrogens is 367 g/mol. The molecular formula is C12H17IO6. The van der Waals surface area contributed by atoms with Gasteiger partial charge in [-0.2, -0.15) is 0 Å². The molecule has 0 N–H and O–H groups in total. The van der Waals surface area contributed by atoms with Crippen LogP contribution in [-0.4, -0.2) is 42.0 Å². The van der Waals surface area contributed by atoms with Gasteiger partial charge in [-0.1, -0.05) is 0 Å². The van der Waals surface area contributed by atoms with Crippen molar-refractivity contribution in [3.05, 3.63) is 9.64 Å². The van der Waals surface area contributed by atoms with Crippen molar-refractivity contribution in [1.29, 1.82) is 0 Å². The van der Waals surface area contributed by atoms with Crippen LogP contribution < -0.4 is 18.9 Å². The summed E-state index contributed by atoms with van der Waals surface area (Å²) in [6.07, 6.45) is 0. The number of benzene rings is 1. The molecule has 0 fully saturated rings. The van der Waals surface area contributed by atoms with Crippen LogP contribution in [-0.2, 0) is 9.47 Å². The zero-order chi connectivity index (χ0) is 14.3. The second-order valence-electron chi connectivity index (χ2n) is 3.36. The van der Waals surface area contributed by atoms with Gasteiger partial charge in [0, 0.05) is 20.3 Å². The quantitative estimate of drug-likeness (QED) is 0.507. The maximum atomic E-state index is 5.49. The topological polar surface area (TPSA) is 55.4 Å². The maximum Gasteiger partial charge on any atom is 0.188 e. The number of rotatable bonds is 8. The highest BCUT2D eigenvalue weighted by Crippen LogP contribution is 2.45. The van der Waals surface area contributed by atoms with Gasteiger partial charge in [0.2, 0.25) is 0 Å². The fraction of sp³-hybridized carbons (Fsp3) is 0.500. The SMILES string of the molecule is COCOc1cc(OC)c(OCOC)c(I)c1OC. The highest BCUT2D eigenvalue weighted by atomic mass is 127. The summed E-state index contributed by atoms with van der Waals surface area (Å²) in [6, 6.07) is 1.69. The Bertz CT molecular complexity index is 410. The molecule has 0 heterocycles. The van der Waals surface area contributed by atoms with E-state index in [9.17, 15) is 0 Å². The summed E-state index contributed by atoms with van der Waals surface area (Å²) in [4.78, 5) is 0. The molecule has 7 heteroatoms. The van der Waals surface area contributed by atoms with Gasteiger partial charge in [-0.25, -0.2) is 0 Å². The summed E-state index contributed by atoms with van der Waals surface area (Å²) in [6.45, 7) is 0.238. The Labute approximate surface area is 126 Å². The number of ether oxygens (including phenoxy) is 6. The zero-order valence-electron chi connectivity index (χ0n) is 11.3. The van der Waals surface area contributed by atoms with Gasteiger partial charge in [0.25, 0.3) is 0 Å². The summed E-state index contributed by atoms with van der Waals surface area (Å²) in [7, 11) is 6.21. The first-order chi connectivity index (χ1) is 9.19. The van der Waals surface area contributed by atoms with E-state index in [4.69, 9.17) is 28.4 Å². The fourth-order valence-electron chi connectivity index (χ4n) is 1.39. The van der Waals surface area contributed by atoms with E-state index >= 15 is 0 Å². The fourth-order valence-corrected chi connectivity index (χ4v) is 2.30. The molecule has 0 radical (unpaired) electrons. The molecule has 1 rings (SSSR count). The second-order valence-corrected chi connectivity index (χ2v) is 4.43. The Morgan fingerprint density at radius 1 is 0.842 bits per heavy atom. The normalized spacial score (nSPS) is 10.2. The Kier molecular flexibility index (Phi) is 7.03. The van der Waals surface area contributed by atoms with Crippen molar-refractivity contribution in [2.75, 3.05) is 42.0 Å². The van der Waals surface area contributed by atoms with Crippen LogP contribution in [0, 0.1) is 3.57 Å². The molecule has 0 amide bonds.